The number of carbonyl (C=O) groups excluding carboxylic acids is 1. The second kappa shape index (κ2) is 8.18. The van der Waals surface area contributed by atoms with E-state index in [0.29, 0.717) is 11.6 Å². The van der Waals surface area contributed by atoms with Gasteiger partial charge in [0.25, 0.3) is 0 Å². The minimum atomic E-state index is 0.115. The lowest BCUT2D eigenvalue weighted by atomic mass is 9.81. The van der Waals surface area contributed by atoms with Crippen LogP contribution in [0.4, 0.5) is 5.82 Å². The molecule has 0 amide bonds. The predicted molar refractivity (Wildman–Crippen MR) is 133 cm³/mol. The molecule has 0 bridgehead atoms. The third-order valence-electron chi connectivity index (χ3n) is 6.28. The lowest BCUT2D eigenvalue weighted by Gasteiger charge is -2.32. The van der Waals surface area contributed by atoms with Crippen LogP contribution < -0.4 is 5.32 Å². The first-order valence-electron chi connectivity index (χ1n) is 11.2. The average Bonchev–Trinajstić information content (AvgIpc) is 3.54. The molecule has 6 rings (SSSR count). The SMILES string of the molecule is Cn1cnc(-c2sc3nc(-c4nccn4C)nc(NC4CC(C=O)C4)c3c2-c2ccccc2)c1. The van der Waals surface area contributed by atoms with Crippen LogP contribution in [0.15, 0.2) is 55.2 Å². The zero-order valence-corrected chi connectivity index (χ0v) is 19.7. The van der Waals surface area contributed by atoms with Crippen LogP contribution in [0.3, 0.4) is 0 Å². The Morgan fingerprint density at radius 1 is 1.12 bits per heavy atom. The Balaban J connectivity index is 1.60. The number of fused-ring (bicyclic) bond motifs is 1. The van der Waals surface area contributed by atoms with Gasteiger partial charge in [0, 0.05) is 50.2 Å². The van der Waals surface area contributed by atoms with E-state index in [1.807, 2.05) is 60.1 Å². The highest BCUT2D eigenvalue weighted by Gasteiger charge is 2.31. The molecule has 1 fully saturated rings. The lowest BCUT2D eigenvalue weighted by molar-refractivity contribution is -0.113. The van der Waals surface area contributed by atoms with Crippen LogP contribution in [0.1, 0.15) is 12.8 Å². The molecule has 4 heterocycles. The van der Waals surface area contributed by atoms with E-state index < -0.39 is 0 Å². The molecule has 1 aliphatic carbocycles. The Hall–Kier alpha value is -3.85. The van der Waals surface area contributed by atoms with Gasteiger partial charge in [0.2, 0.25) is 0 Å². The molecule has 0 radical (unpaired) electrons. The molecular weight excluding hydrogens is 446 g/mol. The maximum Gasteiger partial charge on any atom is 0.199 e. The van der Waals surface area contributed by atoms with Crippen molar-refractivity contribution in [1.29, 1.82) is 0 Å². The molecule has 8 nitrogen and oxygen atoms in total. The zero-order chi connectivity index (χ0) is 23.2. The van der Waals surface area contributed by atoms with Gasteiger partial charge in [-0.2, -0.15) is 0 Å². The number of anilines is 1. The minimum absolute atomic E-state index is 0.115. The first-order valence-corrected chi connectivity index (χ1v) is 12.0. The number of nitrogens with one attached hydrogen (secondary N) is 1. The molecule has 0 aliphatic heterocycles. The van der Waals surface area contributed by atoms with E-state index in [1.54, 1.807) is 17.5 Å². The van der Waals surface area contributed by atoms with E-state index in [4.69, 9.17) is 9.97 Å². The lowest BCUT2D eigenvalue weighted by Crippen LogP contribution is -2.36. The summed E-state index contributed by atoms with van der Waals surface area (Å²) in [6.45, 7) is 0. The van der Waals surface area contributed by atoms with Crippen molar-refractivity contribution < 1.29 is 4.79 Å². The number of nitrogens with zero attached hydrogens (tertiary/aromatic N) is 6. The van der Waals surface area contributed by atoms with Crippen LogP contribution >= 0.6 is 11.3 Å². The molecule has 5 aromatic rings. The molecule has 1 aromatic carbocycles. The van der Waals surface area contributed by atoms with Crippen LogP contribution in [0.25, 0.3) is 43.6 Å². The van der Waals surface area contributed by atoms with Gasteiger partial charge in [-0.25, -0.2) is 19.9 Å². The highest BCUT2D eigenvalue weighted by Crippen LogP contribution is 2.47. The monoisotopic (exact) mass is 469 g/mol. The van der Waals surface area contributed by atoms with Crippen molar-refractivity contribution in [2.45, 2.75) is 18.9 Å². The van der Waals surface area contributed by atoms with Gasteiger partial charge in [-0.1, -0.05) is 30.3 Å². The molecule has 0 unspecified atom stereocenters. The maximum atomic E-state index is 11.2. The van der Waals surface area contributed by atoms with Crippen molar-refractivity contribution in [3.05, 3.63) is 55.2 Å². The topological polar surface area (TPSA) is 90.5 Å². The summed E-state index contributed by atoms with van der Waals surface area (Å²) in [6, 6.07) is 10.5. The summed E-state index contributed by atoms with van der Waals surface area (Å²) in [6.07, 6.45) is 10.1. The van der Waals surface area contributed by atoms with Gasteiger partial charge in [0.15, 0.2) is 11.6 Å². The van der Waals surface area contributed by atoms with Gasteiger partial charge >= 0.3 is 0 Å². The Labute approximate surface area is 200 Å². The number of thiophene rings is 1. The molecule has 0 atom stereocenters. The van der Waals surface area contributed by atoms with Crippen molar-refractivity contribution >= 4 is 33.7 Å². The van der Waals surface area contributed by atoms with Gasteiger partial charge in [0.1, 0.15) is 16.9 Å². The number of benzene rings is 1. The summed E-state index contributed by atoms with van der Waals surface area (Å²) < 4.78 is 3.87. The van der Waals surface area contributed by atoms with Gasteiger partial charge in [0.05, 0.1) is 22.3 Å². The second-order valence-corrected chi connectivity index (χ2v) is 9.74. The van der Waals surface area contributed by atoms with Crippen molar-refractivity contribution in [3.8, 4) is 33.3 Å². The van der Waals surface area contributed by atoms with Crippen LogP contribution in [0, 0.1) is 5.92 Å². The first kappa shape index (κ1) is 20.7. The fraction of sp³-hybridized carbons (Fsp3) is 0.240. The molecule has 9 heteroatoms. The number of imidazole rings is 2. The van der Waals surface area contributed by atoms with E-state index in [0.717, 1.165) is 56.9 Å². The fourth-order valence-electron chi connectivity index (χ4n) is 4.46. The number of carbonyl (C=O) groups is 1. The summed E-state index contributed by atoms with van der Waals surface area (Å²) in [5.41, 5.74) is 3.06. The normalized spacial score (nSPS) is 17.6. The summed E-state index contributed by atoms with van der Waals surface area (Å²) in [4.78, 5) is 32.1. The highest BCUT2D eigenvalue weighted by atomic mass is 32.1. The Bertz CT molecular complexity index is 1490. The number of aryl methyl sites for hydroxylation is 2. The number of rotatable bonds is 6. The second-order valence-electron chi connectivity index (χ2n) is 8.74. The molecule has 170 valence electrons. The number of hydrogen-bond acceptors (Lipinski definition) is 7. The van der Waals surface area contributed by atoms with Gasteiger partial charge in [-0.05, 0) is 18.4 Å². The smallest absolute Gasteiger partial charge is 0.199 e. The molecule has 0 spiro atoms. The standard InChI is InChI=1S/C25H23N7OS/c1-31-12-18(27-14-31)21-19(16-6-4-3-5-7-16)20-22(28-17-10-15(11-17)13-33)29-23(30-25(20)34-21)24-26-8-9-32(24)2/h3-9,12-15,17H,10-11H2,1-2H3,(H,28,29,30). The van der Waals surface area contributed by atoms with Gasteiger partial charge in [-0.15, -0.1) is 11.3 Å². The van der Waals surface area contributed by atoms with E-state index >= 15 is 0 Å². The Kier molecular flexibility index (Phi) is 4.99. The summed E-state index contributed by atoms with van der Waals surface area (Å²) in [7, 11) is 3.91. The maximum absolute atomic E-state index is 11.2. The quantitative estimate of drug-likeness (QED) is 0.367. The Morgan fingerprint density at radius 2 is 1.94 bits per heavy atom. The molecule has 1 N–H and O–H groups in total. The summed E-state index contributed by atoms with van der Waals surface area (Å²) in [5, 5.41) is 4.60. The Morgan fingerprint density at radius 3 is 2.62 bits per heavy atom. The van der Waals surface area contributed by atoms with Gasteiger partial charge in [-0.3, -0.25) is 0 Å². The van der Waals surface area contributed by atoms with Crippen molar-refractivity contribution in [2.75, 3.05) is 5.32 Å². The van der Waals surface area contributed by atoms with Crippen LogP contribution in [0.2, 0.25) is 0 Å². The van der Waals surface area contributed by atoms with Gasteiger partial charge < -0.3 is 19.2 Å². The molecule has 1 aliphatic rings. The highest BCUT2D eigenvalue weighted by molar-refractivity contribution is 7.22. The fourth-order valence-corrected chi connectivity index (χ4v) is 5.62. The number of aromatic nitrogens is 6. The number of aldehydes is 1. The largest absolute Gasteiger partial charge is 0.367 e. The average molecular weight is 470 g/mol. The van der Waals surface area contributed by atoms with Crippen LogP contribution in [-0.4, -0.2) is 41.4 Å². The summed E-state index contributed by atoms with van der Waals surface area (Å²) in [5.74, 6) is 2.17. The van der Waals surface area contributed by atoms with Crippen molar-refractivity contribution in [2.24, 2.45) is 20.0 Å². The van der Waals surface area contributed by atoms with Crippen LogP contribution in [-0.2, 0) is 18.9 Å². The molecule has 1 saturated carbocycles. The molecule has 4 aromatic heterocycles. The number of hydrogen-bond donors (Lipinski definition) is 1. The van der Waals surface area contributed by atoms with Crippen molar-refractivity contribution in [3.63, 3.8) is 0 Å². The zero-order valence-electron chi connectivity index (χ0n) is 18.8. The summed E-state index contributed by atoms with van der Waals surface area (Å²) >= 11 is 1.61. The van der Waals surface area contributed by atoms with E-state index in [2.05, 4.69) is 27.4 Å². The van der Waals surface area contributed by atoms with Crippen LogP contribution in [0.5, 0.6) is 0 Å². The van der Waals surface area contributed by atoms with E-state index in [-0.39, 0.29) is 12.0 Å². The molecule has 0 saturated heterocycles. The molecular formula is C25H23N7OS. The van der Waals surface area contributed by atoms with Crippen molar-refractivity contribution in [1.82, 2.24) is 29.1 Å². The third-order valence-corrected chi connectivity index (χ3v) is 7.39. The third kappa shape index (κ3) is 3.49. The minimum Gasteiger partial charge on any atom is -0.367 e. The predicted octanol–water partition coefficient (Wildman–Crippen LogP) is 4.55. The molecule has 34 heavy (non-hydrogen) atoms. The van der Waals surface area contributed by atoms with E-state index in [1.165, 1.54) is 0 Å². The van der Waals surface area contributed by atoms with E-state index in [9.17, 15) is 4.79 Å². The first-order chi connectivity index (χ1) is 16.6.